The lowest BCUT2D eigenvalue weighted by Gasteiger charge is -2.10. The Hall–Kier alpha value is -2.10. The summed E-state index contributed by atoms with van der Waals surface area (Å²) in [5, 5.41) is 38.6. The van der Waals surface area contributed by atoms with E-state index in [0.29, 0.717) is 10.9 Å². The van der Waals surface area contributed by atoms with Crippen LogP contribution in [0.25, 0.3) is 10.8 Å². The van der Waals surface area contributed by atoms with E-state index in [0.717, 1.165) is 0 Å². The minimum Gasteiger partial charge on any atom is -0.507 e. The monoisotopic (exact) mass is 206 g/mol. The minimum atomic E-state index is -0.610. The maximum absolute atomic E-state index is 9.57. The Morgan fingerprint density at radius 2 is 1.53 bits per heavy atom. The molecule has 0 aliphatic carbocycles. The first-order valence-electron chi connectivity index (χ1n) is 4.39. The van der Waals surface area contributed by atoms with Gasteiger partial charge in [-0.05, 0) is 18.4 Å². The van der Waals surface area contributed by atoms with Crippen molar-refractivity contribution in [1.29, 1.82) is 0 Å². The summed E-state index contributed by atoms with van der Waals surface area (Å²) in [6.45, 7) is 1.59. The number of hydrogen-bond acceptors (Lipinski definition) is 4. The molecule has 2 aromatic rings. The van der Waals surface area contributed by atoms with Gasteiger partial charge < -0.3 is 20.4 Å². The SMILES string of the molecule is Cc1c(O)c(O)c(O)c2c(O)cccc12. The van der Waals surface area contributed by atoms with Crippen LogP contribution in [0.15, 0.2) is 18.2 Å². The standard InChI is InChI=1S/C11H10O4/c1-5-6-3-2-4-7(12)8(6)10(14)11(15)9(5)13/h2-4,12-15H,1H3. The molecule has 2 aromatic carbocycles. The molecular formula is C11H10O4. The summed E-state index contributed by atoms with van der Waals surface area (Å²) in [7, 11) is 0. The molecule has 0 heterocycles. The van der Waals surface area contributed by atoms with E-state index in [4.69, 9.17) is 0 Å². The zero-order valence-electron chi connectivity index (χ0n) is 8.02. The van der Waals surface area contributed by atoms with Gasteiger partial charge in [-0.3, -0.25) is 0 Å². The first kappa shape index (κ1) is 9.45. The molecule has 4 nitrogen and oxygen atoms in total. The summed E-state index contributed by atoms with van der Waals surface area (Å²) in [6, 6.07) is 4.64. The van der Waals surface area contributed by atoms with E-state index in [1.165, 1.54) is 6.07 Å². The number of benzene rings is 2. The molecule has 0 bridgehead atoms. The summed E-state index contributed by atoms with van der Waals surface area (Å²) in [6.07, 6.45) is 0. The lowest BCUT2D eigenvalue weighted by atomic mass is 10.0. The summed E-state index contributed by atoms with van der Waals surface area (Å²) < 4.78 is 0. The van der Waals surface area contributed by atoms with Crippen LogP contribution in [0.4, 0.5) is 0 Å². The van der Waals surface area contributed by atoms with Crippen LogP contribution in [0.5, 0.6) is 23.0 Å². The van der Waals surface area contributed by atoms with Crippen LogP contribution in [0.2, 0.25) is 0 Å². The van der Waals surface area contributed by atoms with Gasteiger partial charge in [-0.15, -0.1) is 0 Å². The van der Waals surface area contributed by atoms with Crippen molar-refractivity contribution >= 4 is 10.8 Å². The lowest BCUT2D eigenvalue weighted by Crippen LogP contribution is -1.83. The highest BCUT2D eigenvalue weighted by molar-refractivity contribution is 5.99. The molecule has 0 atom stereocenters. The Labute approximate surface area is 85.7 Å². The average Bonchev–Trinajstić information content (AvgIpc) is 2.23. The zero-order chi connectivity index (χ0) is 11.2. The Bertz CT molecular complexity index is 546. The van der Waals surface area contributed by atoms with Crippen molar-refractivity contribution in [3.05, 3.63) is 23.8 Å². The molecule has 0 aliphatic heterocycles. The second kappa shape index (κ2) is 2.95. The minimum absolute atomic E-state index is 0.136. The van der Waals surface area contributed by atoms with Crippen LogP contribution in [0.3, 0.4) is 0 Å². The van der Waals surface area contributed by atoms with Crippen molar-refractivity contribution in [2.75, 3.05) is 0 Å². The molecule has 0 aliphatic rings. The smallest absolute Gasteiger partial charge is 0.201 e. The quantitative estimate of drug-likeness (QED) is 0.497. The van der Waals surface area contributed by atoms with Crippen LogP contribution in [-0.2, 0) is 0 Å². The van der Waals surface area contributed by atoms with E-state index >= 15 is 0 Å². The van der Waals surface area contributed by atoms with E-state index in [9.17, 15) is 20.4 Å². The summed E-state index contributed by atoms with van der Waals surface area (Å²) >= 11 is 0. The third-order valence-corrected chi connectivity index (χ3v) is 2.49. The topological polar surface area (TPSA) is 80.9 Å². The van der Waals surface area contributed by atoms with Crippen LogP contribution in [0.1, 0.15) is 5.56 Å². The van der Waals surface area contributed by atoms with Gasteiger partial charge in [-0.2, -0.15) is 0 Å². The summed E-state index contributed by atoms with van der Waals surface area (Å²) in [5.74, 6) is -1.62. The molecule has 4 N–H and O–H groups in total. The van der Waals surface area contributed by atoms with Crippen molar-refractivity contribution in [2.45, 2.75) is 6.92 Å². The van der Waals surface area contributed by atoms with Gasteiger partial charge >= 0.3 is 0 Å². The molecule has 0 fully saturated rings. The van der Waals surface area contributed by atoms with Crippen LogP contribution in [-0.4, -0.2) is 20.4 Å². The molecule has 0 saturated heterocycles. The molecule has 0 unspecified atom stereocenters. The van der Waals surface area contributed by atoms with Gasteiger partial charge in [-0.1, -0.05) is 12.1 Å². The van der Waals surface area contributed by atoms with Gasteiger partial charge in [0.1, 0.15) is 5.75 Å². The molecule has 0 aromatic heterocycles. The fourth-order valence-corrected chi connectivity index (χ4v) is 1.64. The second-order valence-corrected chi connectivity index (χ2v) is 3.37. The fraction of sp³-hybridized carbons (Fsp3) is 0.0909. The van der Waals surface area contributed by atoms with Gasteiger partial charge in [-0.25, -0.2) is 0 Å². The number of hydrogen-bond donors (Lipinski definition) is 4. The van der Waals surface area contributed by atoms with Crippen LogP contribution < -0.4 is 0 Å². The predicted octanol–water partition coefficient (Wildman–Crippen LogP) is 1.97. The van der Waals surface area contributed by atoms with E-state index in [2.05, 4.69) is 0 Å². The molecular weight excluding hydrogens is 196 g/mol. The first-order chi connectivity index (χ1) is 7.04. The van der Waals surface area contributed by atoms with Crippen molar-refractivity contribution in [2.24, 2.45) is 0 Å². The van der Waals surface area contributed by atoms with Crippen molar-refractivity contribution < 1.29 is 20.4 Å². The van der Waals surface area contributed by atoms with Crippen molar-refractivity contribution in [1.82, 2.24) is 0 Å². The maximum Gasteiger partial charge on any atom is 0.201 e. The van der Waals surface area contributed by atoms with Gasteiger partial charge in [0.05, 0.1) is 5.39 Å². The Balaban J connectivity index is 3.08. The van der Waals surface area contributed by atoms with Gasteiger partial charge in [0, 0.05) is 5.56 Å². The third-order valence-electron chi connectivity index (χ3n) is 2.49. The van der Waals surface area contributed by atoms with Gasteiger partial charge in [0.2, 0.25) is 5.75 Å². The number of phenols is 4. The number of phenolic OH excluding ortho intramolecular Hbond substituents is 4. The molecule has 0 saturated carbocycles. The Kier molecular flexibility index (Phi) is 1.86. The molecule has 78 valence electrons. The highest BCUT2D eigenvalue weighted by atomic mass is 16.3. The molecule has 4 heteroatoms. The molecule has 0 spiro atoms. The molecule has 2 rings (SSSR count). The summed E-state index contributed by atoms with van der Waals surface area (Å²) in [5.41, 5.74) is 0.413. The maximum atomic E-state index is 9.57. The third kappa shape index (κ3) is 1.15. The zero-order valence-corrected chi connectivity index (χ0v) is 8.02. The van der Waals surface area contributed by atoms with E-state index in [1.54, 1.807) is 19.1 Å². The van der Waals surface area contributed by atoms with Crippen LogP contribution in [0, 0.1) is 6.92 Å². The van der Waals surface area contributed by atoms with Crippen molar-refractivity contribution in [3.8, 4) is 23.0 Å². The van der Waals surface area contributed by atoms with Gasteiger partial charge in [0.15, 0.2) is 11.5 Å². The highest BCUT2D eigenvalue weighted by Crippen LogP contribution is 2.46. The van der Waals surface area contributed by atoms with Gasteiger partial charge in [0.25, 0.3) is 0 Å². The van der Waals surface area contributed by atoms with E-state index in [1.807, 2.05) is 0 Å². The number of fused-ring (bicyclic) bond motifs is 1. The molecule has 0 radical (unpaired) electrons. The van der Waals surface area contributed by atoms with Crippen molar-refractivity contribution in [3.63, 3.8) is 0 Å². The molecule has 0 amide bonds. The largest absolute Gasteiger partial charge is 0.507 e. The Morgan fingerprint density at radius 3 is 2.20 bits per heavy atom. The Morgan fingerprint density at radius 1 is 0.867 bits per heavy atom. The fourth-order valence-electron chi connectivity index (χ4n) is 1.64. The van der Waals surface area contributed by atoms with E-state index in [-0.39, 0.29) is 16.9 Å². The predicted molar refractivity (Wildman–Crippen MR) is 55.3 cm³/mol. The van der Waals surface area contributed by atoms with E-state index < -0.39 is 11.5 Å². The number of rotatable bonds is 0. The second-order valence-electron chi connectivity index (χ2n) is 3.37. The normalized spacial score (nSPS) is 10.7. The highest BCUT2D eigenvalue weighted by Gasteiger charge is 2.17. The van der Waals surface area contributed by atoms with Crippen LogP contribution >= 0.6 is 0 Å². The summed E-state index contributed by atoms with van der Waals surface area (Å²) in [4.78, 5) is 0. The number of aromatic hydroxyl groups is 4. The number of aryl methyl sites for hydroxylation is 1. The average molecular weight is 206 g/mol. The molecule has 15 heavy (non-hydrogen) atoms. The lowest BCUT2D eigenvalue weighted by molar-refractivity contribution is 0.368. The first-order valence-corrected chi connectivity index (χ1v) is 4.39.